The third-order valence-electron chi connectivity index (χ3n) is 2.61. The minimum Gasteiger partial charge on any atom is -0.478 e. The van der Waals surface area contributed by atoms with Crippen LogP contribution in [0.5, 0.6) is 0 Å². The topological polar surface area (TPSA) is 63.3 Å². The van der Waals surface area contributed by atoms with Crippen LogP contribution in [0.15, 0.2) is 48.5 Å². The molecule has 2 rings (SSSR count). The lowest BCUT2D eigenvalue weighted by Crippen LogP contribution is -1.99. The molecule has 0 atom stereocenters. The number of benzene rings is 2. The van der Waals surface area contributed by atoms with Crippen LogP contribution in [-0.2, 0) is 4.79 Å². The SMILES string of the molecule is Nc1cccc(/C=C(\C(=O)O)c2ccc(Cl)cc2)c1. The van der Waals surface area contributed by atoms with Crippen LogP contribution >= 0.6 is 11.6 Å². The van der Waals surface area contributed by atoms with Gasteiger partial charge in [-0.25, -0.2) is 4.79 Å². The van der Waals surface area contributed by atoms with Crippen LogP contribution in [0.1, 0.15) is 11.1 Å². The first-order valence-corrected chi connectivity index (χ1v) is 6.00. The smallest absolute Gasteiger partial charge is 0.336 e. The number of aliphatic carboxylic acids is 1. The van der Waals surface area contributed by atoms with E-state index in [1.807, 2.05) is 0 Å². The summed E-state index contributed by atoms with van der Waals surface area (Å²) in [5.74, 6) is -0.996. The van der Waals surface area contributed by atoms with Gasteiger partial charge in [-0.15, -0.1) is 0 Å². The third-order valence-corrected chi connectivity index (χ3v) is 2.86. The molecule has 96 valence electrons. The number of anilines is 1. The molecule has 3 N–H and O–H groups in total. The van der Waals surface area contributed by atoms with Gasteiger partial charge >= 0.3 is 5.97 Å². The molecule has 2 aromatic rings. The highest BCUT2D eigenvalue weighted by molar-refractivity contribution is 6.30. The van der Waals surface area contributed by atoms with E-state index in [0.29, 0.717) is 16.3 Å². The van der Waals surface area contributed by atoms with E-state index in [-0.39, 0.29) is 5.57 Å². The monoisotopic (exact) mass is 273 g/mol. The van der Waals surface area contributed by atoms with Gasteiger partial charge in [0.05, 0.1) is 5.57 Å². The van der Waals surface area contributed by atoms with E-state index in [4.69, 9.17) is 17.3 Å². The molecule has 19 heavy (non-hydrogen) atoms. The van der Waals surface area contributed by atoms with Crippen LogP contribution in [0.25, 0.3) is 11.6 Å². The van der Waals surface area contributed by atoms with Crippen LogP contribution in [0.3, 0.4) is 0 Å². The molecule has 0 saturated carbocycles. The molecule has 0 spiro atoms. The van der Waals surface area contributed by atoms with Crippen LogP contribution in [-0.4, -0.2) is 11.1 Å². The fraction of sp³-hybridized carbons (Fsp3) is 0. The van der Waals surface area contributed by atoms with Gasteiger partial charge in [0.2, 0.25) is 0 Å². The molecule has 0 amide bonds. The third kappa shape index (κ3) is 3.36. The summed E-state index contributed by atoms with van der Waals surface area (Å²) in [6.07, 6.45) is 1.59. The van der Waals surface area contributed by atoms with Crippen molar-refractivity contribution in [1.29, 1.82) is 0 Å². The Hall–Kier alpha value is -2.26. The van der Waals surface area contributed by atoms with Crippen molar-refractivity contribution in [1.82, 2.24) is 0 Å². The summed E-state index contributed by atoms with van der Waals surface area (Å²) in [7, 11) is 0. The summed E-state index contributed by atoms with van der Waals surface area (Å²) in [5, 5.41) is 9.86. The van der Waals surface area contributed by atoms with Gasteiger partial charge < -0.3 is 10.8 Å². The molecular formula is C15H12ClNO2. The summed E-state index contributed by atoms with van der Waals surface area (Å²) in [6, 6.07) is 13.7. The van der Waals surface area contributed by atoms with Crippen LogP contribution < -0.4 is 5.73 Å². The number of halogens is 1. The van der Waals surface area contributed by atoms with Gasteiger partial charge in [0.1, 0.15) is 0 Å². The van der Waals surface area contributed by atoms with E-state index in [1.165, 1.54) is 0 Å². The van der Waals surface area contributed by atoms with Gasteiger partial charge in [0.15, 0.2) is 0 Å². The first-order valence-electron chi connectivity index (χ1n) is 5.63. The quantitative estimate of drug-likeness (QED) is 0.511. The molecule has 0 saturated heterocycles. The molecule has 0 unspecified atom stereocenters. The predicted molar refractivity (Wildman–Crippen MR) is 77.8 cm³/mol. The lowest BCUT2D eigenvalue weighted by Gasteiger charge is -2.04. The first-order chi connectivity index (χ1) is 9.06. The summed E-state index contributed by atoms with van der Waals surface area (Å²) in [6.45, 7) is 0. The van der Waals surface area contributed by atoms with E-state index in [2.05, 4.69) is 0 Å². The predicted octanol–water partition coefficient (Wildman–Crippen LogP) is 3.55. The van der Waals surface area contributed by atoms with Gasteiger partial charge in [-0.3, -0.25) is 0 Å². The van der Waals surface area contributed by atoms with E-state index in [0.717, 1.165) is 5.56 Å². The lowest BCUT2D eigenvalue weighted by molar-refractivity contribution is -0.130. The largest absolute Gasteiger partial charge is 0.478 e. The Morgan fingerprint density at radius 1 is 1.16 bits per heavy atom. The van der Waals surface area contributed by atoms with Crippen molar-refractivity contribution in [3.8, 4) is 0 Å². The summed E-state index contributed by atoms with van der Waals surface area (Å²) in [5.41, 5.74) is 7.80. The average molecular weight is 274 g/mol. The highest BCUT2D eigenvalue weighted by atomic mass is 35.5. The number of carbonyl (C=O) groups is 1. The standard InChI is InChI=1S/C15H12ClNO2/c16-12-6-4-11(5-7-12)14(15(18)19)9-10-2-1-3-13(17)8-10/h1-9H,17H2,(H,18,19)/b14-9-. The van der Waals surface area contributed by atoms with Crippen LogP contribution in [0.2, 0.25) is 5.02 Å². The second kappa shape index (κ2) is 5.59. The number of rotatable bonds is 3. The van der Waals surface area contributed by atoms with Crippen LogP contribution in [0.4, 0.5) is 5.69 Å². The van der Waals surface area contributed by atoms with E-state index in [1.54, 1.807) is 54.6 Å². The maximum atomic E-state index is 11.3. The normalized spacial score (nSPS) is 11.3. The zero-order valence-electron chi connectivity index (χ0n) is 10.0. The van der Waals surface area contributed by atoms with Gasteiger partial charge in [-0.2, -0.15) is 0 Å². The lowest BCUT2D eigenvalue weighted by atomic mass is 10.0. The molecule has 0 aliphatic carbocycles. The molecule has 3 nitrogen and oxygen atoms in total. The Morgan fingerprint density at radius 2 is 1.84 bits per heavy atom. The Labute approximate surface area is 115 Å². The van der Waals surface area contributed by atoms with Crippen molar-refractivity contribution >= 4 is 34.9 Å². The second-order valence-corrected chi connectivity index (χ2v) is 4.48. The Morgan fingerprint density at radius 3 is 2.42 bits per heavy atom. The molecule has 0 aliphatic rings. The van der Waals surface area contributed by atoms with Gasteiger partial charge in [-0.1, -0.05) is 35.9 Å². The van der Waals surface area contributed by atoms with Crippen molar-refractivity contribution in [3.63, 3.8) is 0 Å². The van der Waals surface area contributed by atoms with Crippen molar-refractivity contribution in [2.24, 2.45) is 0 Å². The Bertz CT molecular complexity index is 633. The van der Waals surface area contributed by atoms with Gasteiger partial charge in [-0.05, 0) is 41.5 Å². The maximum absolute atomic E-state index is 11.3. The maximum Gasteiger partial charge on any atom is 0.336 e. The Kier molecular flexibility index (Phi) is 3.88. The van der Waals surface area contributed by atoms with Crippen molar-refractivity contribution < 1.29 is 9.90 Å². The molecule has 4 heteroatoms. The minimum absolute atomic E-state index is 0.197. The summed E-state index contributed by atoms with van der Waals surface area (Å²) >= 11 is 5.79. The number of nitrogen functional groups attached to an aromatic ring is 1. The van der Waals surface area contributed by atoms with E-state index >= 15 is 0 Å². The van der Waals surface area contributed by atoms with Gasteiger partial charge in [0, 0.05) is 10.7 Å². The average Bonchev–Trinajstić information content (AvgIpc) is 2.37. The fourth-order valence-corrected chi connectivity index (χ4v) is 1.84. The van der Waals surface area contributed by atoms with Crippen LogP contribution in [0, 0.1) is 0 Å². The molecule has 0 radical (unpaired) electrons. The molecule has 2 aromatic carbocycles. The minimum atomic E-state index is -0.996. The molecule has 0 heterocycles. The molecule has 0 fully saturated rings. The summed E-state index contributed by atoms with van der Waals surface area (Å²) in [4.78, 5) is 11.3. The number of carboxylic acids is 1. The second-order valence-electron chi connectivity index (χ2n) is 4.04. The number of nitrogens with two attached hydrogens (primary N) is 1. The zero-order valence-corrected chi connectivity index (χ0v) is 10.8. The van der Waals surface area contributed by atoms with Crippen molar-refractivity contribution in [2.45, 2.75) is 0 Å². The molecule has 0 bridgehead atoms. The fourth-order valence-electron chi connectivity index (χ4n) is 1.71. The van der Waals surface area contributed by atoms with E-state index in [9.17, 15) is 9.90 Å². The zero-order chi connectivity index (χ0) is 13.8. The molecule has 0 aliphatic heterocycles. The molecule has 0 aromatic heterocycles. The highest BCUT2D eigenvalue weighted by Gasteiger charge is 2.10. The summed E-state index contributed by atoms with van der Waals surface area (Å²) < 4.78 is 0. The number of hydrogen-bond acceptors (Lipinski definition) is 2. The first kappa shape index (κ1) is 13.2. The highest BCUT2D eigenvalue weighted by Crippen LogP contribution is 2.21. The van der Waals surface area contributed by atoms with Gasteiger partial charge in [0.25, 0.3) is 0 Å². The van der Waals surface area contributed by atoms with E-state index < -0.39 is 5.97 Å². The van der Waals surface area contributed by atoms with Crippen molar-refractivity contribution in [2.75, 3.05) is 5.73 Å². The number of carboxylic acid groups (broad SMARTS) is 1. The number of hydrogen-bond donors (Lipinski definition) is 2. The van der Waals surface area contributed by atoms with Crippen molar-refractivity contribution in [3.05, 3.63) is 64.7 Å². The molecular weight excluding hydrogens is 262 g/mol. The Balaban J connectivity index is 2.46.